The van der Waals surface area contributed by atoms with Crippen LogP contribution in [0.15, 0.2) is 65.4 Å². The number of Topliss-reactive ketones (excluding diaryl/α,β-unsaturated/α-hetero) is 2. The molecule has 2 spiro atoms. The lowest BCUT2D eigenvalue weighted by molar-refractivity contribution is -0.274. The van der Waals surface area contributed by atoms with Gasteiger partial charge in [0.25, 0.3) is 11.8 Å². The SMILES string of the molecule is O=C(Nc1cc(CN2C(=O)N(c3ccc(OC(F)(F)F)cc3)C(=O)C23CC3)ccn1)c1ccco1.O=C1CC(=O)C2(C1)NN2. The molecule has 2 aromatic heterocycles. The molecule has 2 aliphatic heterocycles. The van der Waals surface area contributed by atoms with E-state index in [0.29, 0.717) is 24.8 Å². The number of hydrogen-bond acceptors (Lipinski definition) is 10. The normalized spacial score (nSPS) is 19.3. The number of anilines is 2. The molecule has 0 atom stereocenters. The summed E-state index contributed by atoms with van der Waals surface area (Å²) in [4.78, 5) is 66.5. The highest BCUT2D eigenvalue weighted by Gasteiger charge is 2.65. The minimum Gasteiger partial charge on any atom is -0.459 e. The fourth-order valence-electron chi connectivity index (χ4n) is 5.06. The van der Waals surface area contributed by atoms with E-state index in [1.54, 1.807) is 18.2 Å². The van der Waals surface area contributed by atoms with E-state index in [1.807, 2.05) is 0 Å². The van der Waals surface area contributed by atoms with Crippen LogP contribution in [0.1, 0.15) is 41.8 Å². The minimum absolute atomic E-state index is 0.0208. The Labute approximate surface area is 246 Å². The molecule has 13 nitrogen and oxygen atoms in total. The first-order valence-corrected chi connectivity index (χ1v) is 13.3. The van der Waals surface area contributed by atoms with Gasteiger partial charge in [0, 0.05) is 19.2 Å². The lowest BCUT2D eigenvalue weighted by Crippen LogP contribution is -2.36. The van der Waals surface area contributed by atoms with Gasteiger partial charge in [-0.2, -0.15) is 0 Å². The summed E-state index contributed by atoms with van der Waals surface area (Å²) in [5, 5.41) is 2.61. The average Bonchev–Trinajstić information content (AvgIpc) is 3.83. The topological polar surface area (TPSA) is 183 Å². The van der Waals surface area contributed by atoms with Crippen LogP contribution in [0.2, 0.25) is 0 Å². The minimum atomic E-state index is -4.85. The number of nitrogens with zero attached hydrogens (tertiary/aromatic N) is 3. The molecule has 1 aromatic carbocycles. The Hall–Kier alpha value is -5.09. The fraction of sp³-hybridized carbons (Fsp3) is 0.286. The molecule has 4 aliphatic rings. The summed E-state index contributed by atoms with van der Waals surface area (Å²) in [5.74, 6) is -1.04. The fourth-order valence-corrected chi connectivity index (χ4v) is 5.06. The van der Waals surface area contributed by atoms with Crippen molar-refractivity contribution in [2.45, 2.75) is 49.8 Å². The lowest BCUT2D eigenvalue weighted by atomic mass is 10.2. The van der Waals surface area contributed by atoms with Gasteiger partial charge >= 0.3 is 12.4 Å². The molecule has 16 heteroatoms. The van der Waals surface area contributed by atoms with Crippen LogP contribution in [0.4, 0.5) is 29.5 Å². The Morgan fingerprint density at radius 2 is 1.80 bits per heavy atom. The van der Waals surface area contributed by atoms with E-state index in [4.69, 9.17) is 4.42 Å². The number of imide groups is 1. The van der Waals surface area contributed by atoms with Crippen molar-refractivity contribution in [1.29, 1.82) is 0 Å². The third-order valence-corrected chi connectivity index (χ3v) is 7.47. The van der Waals surface area contributed by atoms with Crippen molar-refractivity contribution in [2.75, 3.05) is 10.2 Å². The Kier molecular flexibility index (Phi) is 6.97. The first-order chi connectivity index (χ1) is 20.9. The van der Waals surface area contributed by atoms with Gasteiger partial charge in [0.1, 0.15) is 22.9 Å². The number of rotatable bonds is 6. The average molecular weight is 613 g/mol. The molecule has 3 N–H and O–H groups in total. The lowest BCUT2D eigenvalue weighted by Gasteiger charge is -2.21. The molecule has 4 amide bonds. The van der Waals surface area contributed by atoms with Crippen molar-refractivity contribution in [2.24, 2.45) is 0 Å². The molecular formula is C28H23F3N6O7. The number of alkyl halides is 3. The highest BCUT2D eigenvalue weighted by molar-refractivity contribution is 6.24. The van der Waals surface area contributed by atoms with Gasteiger partial charge in [0.05, 0.1) is 18.4 Å². The van der Waals surface area contributed by atoms with Crippen LogP contribution in [0.5, 0.6) is 5.75 Å². The number of urea groups is 1. The van der Waals surface area contributed by atoms with Gasteiger partial charge in [-0.15, -0.1) is 13.2 Å². The molecule has 2 saturated carbocycles. The van der Waals surface area contributed by atoms with E-state index in [-0.39, 0.29) is 41.8 Å². The van der Waals surface area contributed by atoms with Gasteiger partial charge in [-0.05, 0) is 66.9 Å². The van der Waals surface area contributed by atoms with Crippen molar-refractivity contribution in [3.05, 3.63) is 72.3 Å². The zero-order valence-electron chi connectivity index (χ0n) is 22.6. The second-order valence-corrected chi connectivity index (χ2v) is 10.5. The summed E-state index contributed by atoms with van der Waals surface area (Å²) in [5.41, 5.74) is 4.49. The molecular weight excluding hydrogens is 589 g/mol. The molecule has 4 heterocycles. The monoisotopic (exact) mass is 612 g/mol. The molecule has 7 rings (SSSR count). The molecule has 0 unspecified atom stereocenters. The van der Waals surface area contributed by atoms with Crippen molar-refractivity contribution in [3.63, 3.8) is 0 Å². The molecule has 0 bridgehead atoms. The predicted molar refractivity (Wildman–Crippen MR) is 143 cm³/mol. The molecule has 2 aliphatic carbocycles. The number of ketones is 2. The Bertz CT molecular complexity index is 1650. The third-order valence-electron chi connectivity index (χ3n) is 7.47. The quantitative estimate of drug-likeness (QED) is 0.212. The molecule has 3 aromatic rings. The largest absolute Gasteiger partial charge is 0.573 e. The van der Waals surface area contributed by atoms with Crippen LogP contribution >= 0.6 is 0 Å². The molecule has 2 saturated heterocycles. The third kappa shape index (κ3) is 5.63. The number of carbonyl (C=O) groups is 5. The zero-order valence-corrected chi connectivity index (χ0v) is 22.6. The van der Waals surface area contributed by atoms with Crippen LogP contribution in [0, 0.1) is 0 Å². The van der Waals surface area contributed by atoms with Crippen LogP contribution in [0.3, 0.4) is 0 Å². The number of hydrazine groups is 1. The highest BCUT2D eigenvalue weighted by atomic mass is 19.4. The molecule has 0 radical (unpaired) electrons. The first kappa shape index (κ1) is 29.0. The van der Waals surface area contributed by atoms with Crippen molar-refractivity contribution in [1.82, 2.24) is 20.7 Å². The standard InChI is InChI=1S/C23H17F3N4O5.C5H6N2O2/c24-23(25,26)35-16-5-3-15(4-6-16)30-20(32)22(8-9-22)29(21(30)33)13-14-7-10-27-18(12-14)28-19(31)17-2-1-11-34-17;8-3-1-4(9)5(2-3)6-7-5/h1-7,10-12H,8-9,13H2,(H,27,28,31);6-7H,1-2H2. The van der Waals surface area contributed by atoms with Crippen LogP contribution in [-0.4, -0.2) is 56.9 Å². The van der Waals surface area contributed by atoms with Gasteiger partial charge in [-0.3, -0.25) is 19.2 Å². The van der Waals surface area contributed by atoms with Gasteiger partial charge in [0.15, 0.2) is 17.2 Å². The van der Waals surface area contributed by atoms with Crippen molar-refractivity contribution >= 4 is 40.9 Å². The van der Waals surface area contributed by atoms with Crippen LogP contribution < -0.4 is 25.8 Å². The molecule has 4 fully saturated rings. The maximum absolute atomic E-state index is 13.2. The Balaban J connectivity index is 0.000000323. The van der Waals surface area contributed by atoms with E-state index in [1.165, 1.54) is 35.6 Å². The Morgan fingerprint density at radius 3 is 2.34 bits per heavy atom. The summed E-state index contributed by atoms with van der Waals surface area (Å²) in [7, 11) is 0. The smallest absolute Gasteiger partial charge is 0.459 e. The summed E-state index contributed by atoms with van der Waals surface area (Å²) in [6.07, 6.45) is -0.659. The first-order valence-electron chi connectivity index (χ1n) is 13.3. The summed E-state index contributed by atoms with van der Waals surface area (Å²) in [6, 6.07) is 10.3. The highest BCUT2D eigenvalue weighted by Crippen LogP contribution is 2.49. The molecule has 44 heavy (non-hydrogen) atoms. The van der Waals surface area contributed by atoms with Gasteiger partial charge in [-0.1, -0.05) is 0 Å². The number of nitrogens with one attached hydrogen (secondary N) is 3. The number of furan rings is 1. The number of pyridine rings is 1. The van der Waals surface area contributed by atoms with Crippen molar-refractivity contribution in [3.8, 4) is 5.75 Å². The second-order valence-electron chi connectivity index (χ2n) is 10.5. The van der Waals surface area contributed by atoms with Crippen LogP contribution in [-0.2, 0) is 20.9 Å². The van der Waals surface area contributed by atoms with Gasteiger partial charge in [0.2, 0.25) is 0 Å². The summed E-state index contributed by atoms with van der Waals surface area (Å²) >= 11 is 0. The number of hydrogen-bond donors (Lipinski definition) is 3. The van der Waals surface area contributed by atoms with E-state index >= 15 is 0 Å². The number of halogens is 3. The number of carbonyl (C=O) groups excluding carboxylic acids is 5. The molecule has 228 valence electrons. The maximum Gasteiger partial charge on any atom is 0.573 e. The number of benzene rings is 1. The van der Waals surface area contributed by atoms with Gasteiger partial charge < -0.3 is 19.4 Å². The number of aromatic nitrogens is 1. The van der Waals surface area contributed by atoms with E-state index in [2.05, 4.69) is 25.9 Å². The zero-order chi connectivity index (χ0) is 31.3. The van der Waals surface area contributed by atoms with E-state index in [0.717, 1.165) is 17.0 Å². The van der Waals surface area contributed by atoms with Gasteiger partial charge in [-0.25, -0.2) is 25.5 Å². The number of ether oxygens (including phenoxy) is 1. The van der Waals surface area contributed by atoms with E-state index in [9.17, 15) is 37.1 Å². The maximum atomic E-state index is 13.2. The summed E-state index contributed by atoms with van der Waals surface area (Å²) < 4.78 is 46.2. The van der Waals surface area contributed by atoms with E-state index < -0.39 is 41.2 Å². The Morgan fingerprint density at radius 1 is 1.07 bits per heavy atom. The van der Waals surface area contributed by atoms with Crippen LogP contribution in [0.25, 0.3) is 0 Å². The summed E-state index contributed by atoms with van der Waals surface area (Å²) in [6.45, 7) is 0.0719. The number of amides is 4. The second kappa shape index (κ2) is 10.6. The van der Waals surface area contributed by atoms with Crippen molar-refractivity contribution < 1.29 is 46.3 Å². The predicted octanol–water partition coefficient (Wildman–Crippen LogP) is 3.05.